The van der Waals surface area contributed by atoms with E-state index < -0.39 is 17.7 Å². The number of anilines is 1. The van der Waals surface area contributed by atoms with E-state index in [1.54, 1.807) is 42.5 Å². The van der Waals surface area contributed by atoms with Crippen molar-refractivity contribution in [1.29, 1.82) is 0 Å². The van der Waals surface area contributed by atoms with E-state index in [2.05, 4.69) is 30.1 Å². The molecule has 1 amide bonds. The number of aromatic nitrogens is 2. The molecule has 1 aromatic heterocycles. The number of carbonyl (C=O) groups excluding carboxylic acids is 2. The lowest BCUT2D eigenvalue weighted by Crippen LogP contribution is -2.29. The zero-order valence-electron chi connectivity index (χ0n) is 29.2. The number of halogens is 1. The van der Waals surface area contributed by atoms with Crippen molar-refractivity contribution >= 4 is 57.3 Å². The van der Waals surface area contributed by atoms with Crippen molar-refractivity contribution in [3.05, 3.63) is 129 Å². The molecule has 9 nitrogen and oxygen atoms in total. The van der Waals surface area contributed by atoms with Crippen LogP contribution in [-0.4, -0.2) is 40.7 Å². The smallest absolute Gasteiger partial charge is 0.301 e. The minimum absolute atomic E-state index is 0.0885. The highest BCUT2D eigenvalue weighted by atomic mass is 35.5. The molecule has 0 spiro atoms. The third kappa shape index (κ3) is 8.44. The lowest BCUT2D eigenvalue weighted by molar-refractivity contribution is -0.132. The van der Waals surface area contributed by atoms with Crippen LogP contribution in [-0.2, 0) is 21.9 Å². The summed E-state index contributed by atoms with van der Waals surface area (Å²) in [5, 5.41) is 21.3. The summed E-state index contributed by atoms with van der Waals surface area (Å²) in [5.41, 5.74) is 3.88. The van der Waals surface area contributed by atoms with Gasteiger partial charge in [0, 0.05) is 16.3 Å². The number of aliphatic hydroxyl groups is 1. The van der Waals surface area contributed by atoms with Crippen molar-refractivity contribution in [3.8, 4) is 17.2 Å². The monoisotopic (exact) mass is 755 g/mol. The molecule has 5 aromatic rings. The van der Waals surface area contributed by atoms with Crippen molar-refractivity contribution in [1.82, 2.24) is 10.2 Å². The second-order valence-electron chi connectivity index (χ2n) is 12.6. The molecule has 12 heteroatoms. The summed E-state index contributed by atoms with van der Waals surface area (Å²) in [6.07, 6.45) is 0.856. The summed E-state index contributed by atoms with van der Waals surface area (Å²) >= 11 is 8.95. The molecule has 1 N–H and O–H groups in total. The minimum atomic E-state index is -1.04. The zero-order valence-corrected chi connectivity index (χ0v) is 31.6. The molecular weight excluding hydrogens is 718 g/mol. The summed E-state index contributed by atoms with van der Waals surface area (Å²) in [6.45, 7) is 7.13. The molecule has 1 aliphatic rings. The summed E-state index contributed by atoms with van der Waals surface area (Å²) < 4.78 is 18.3. The van der Waals surface area contributed by atoms with Crippen LogP contribution in [0.5, 0.6) is 17.2 Å². The van der Waals surface area contributed by atoms with E-state index in [1.165, 1.54) is 35.1 Å². The fraction of sp³-hybridized carbons (Fsp3) is 0.250. The van der Waals surface area contributed by atoms with E-state index in [4.69, 9.17) is 25.8 Å². The lowest BCUT2D eigenvalue weighted by Gasteiger charge is -2.23. The number of rotatable bonds is 14. The van der Waals surface area contributed by atoms with Gasteiger partial charge in [0.25, 0.3) is 5.78 Å². The number of methoxy groups -OCH3 is 1. The molecule has 1 unspecified atom stereocenters. The fourth-order valence-electron chi connectivity index (χ4n) is 5.67. The molecule has 0 bridgehead atoms. The van der Waals surface area contributed by atoms with Crippen molar-refractivity contribution in [3.63, 3.8) is 0 Å². The molecule has 1 saturated heterocycles. The number of hydrogen-bond acceptors (Lipinski definition) is 10. The Morgan fingerprint density at radius 2 is 1.75 bits per heavy atom. The Labute approximate surface area is 316 Å². The van der Waals surface area contributed by atoms with Crippen molar-refractivity contribution in [2.75, 3.05) is 18.6 Å². The molecule has 1 aliphatic heterocycles. The normalized spacial score (nSPS) is 15.3. The number of ether oxygens (including phenoxy) is 3. The molecule has 1 atom stereocenters. The highest BCUT2D eigenvalue weighted by Gasteiger charge is 2.48. The van der Waals surface area contributed by atoms with Crippen LogP contribution in [0, 0.1) is 12.8 Å². The van der Waals surface area contributed by atoms with E-state index in [0.717, 1.165) is 23.1 Å². The molecule has 1 fully saturated rings. The third-order valence-corrected chi connectivity index (χ3v) is 10.9. The van der Waals surface area contributed by atoms with Gasteiger partial charge in [-0.15, -0.1) is 10.2 Å². The van der Waals surface area contributed by atoms with Gasteiger partial charge in [-0.05, 0) is 78.4 Å². The predicted octanol–water partition coefficient (Wildman–Crippen LogP) is 9.43. The van der Waals surface area contributed by atoms with Gasteiger partial charge in [0.1, 0.15) is 18.1 Å². The predicted molar refractivity (Wildman–Crippen MR) is 206 cm³/mol. The third-order valence-electron chi connectivity index (χ3n) is 8.43. The van der Waals surface area contributed by atoms with E-state index in [-0.39, 0.29) is 16.5 Å². The van der Waals surface area contributed by atoms with Gasteiger partial charge in [-0.1, -0.05) is 103 Å². The van der Waals surface area contributed by atoms with Gasteiger partial charge in [0.05, 0.1) is 25.3 Å². The first kappa shape index (κ1) is 36.9. The molecule has 6 rings (SSSR count). The Morgan fingerprint density at radius 3 is 2.48 bits per heavy atom. The number of amides is 1. The molecular formula is C40H38ClN3O6S2. The van der Waals surface area contributed by atoms with E-state index in [1.807, 2.05) is 49.4 Å². The van der Waals surface area contributed by atoms with Gasteiger partial charge < -0.3 is 19.3 Å². The van der Waals surface area contributed by atoms with Gasteiger partial charge in [-0.3, -0.25) is 14.5 Å². The topological polar surface area (TPSA) is 111 Å². The van der Waals surface area contributed by atoms with Crippen LogP contribution in [0.25, 0.3) is 5.76 Å². The Balaban J connectivity index is 1.34. The molecule has 4 aromatic carbocycles. The fourth-order valence-corrected chi connectivity index (χ4v) is 7.82. The summed E-state index contributed by atoms with van der Waals surface area (Å²) in [7, 11) is 1.53. The maximum atomic E-state index is 13.9. The highest BCUT2D eigenvalue weighted by Crippen LogP contribution is 2.46. The van der Waals surface area contributed by atoms with E-state index in [0.29, 0.717) is 62.6 Å². The molecule has 52 heavy (non-hydrogen) atoms. The molecule has 2 heterocycles. The average molecular weight is 756 g/mol. The van der Waals surface area contributed by atoms with Gasteiger partial charge in [0.2, 0.25) is 5.13 Å². The lowest BCUT2D eigenvalue weighted by atomic mass is 9.95. The first-order valence-electron chi connectivity index (χ1n) is 16.7. The number of aryl methyl sites for hydroxylation is 1. The average Bonchev–Trinajstić information content (AvgIpc) is 3.71. The second-order valence-corrected chi connectivity index (χ2v) is 15.2. The molecule has 268 valence electrons. The van der Waals surface area contributed by atoms with Gasteiger partial charge >= 0.3 is 5.91 Å². The Morgan fingerprint density at radius 1 is 0.962 bits per heavy atom. The largest absolute Gasteiger partial charge is 0.507 e. The van der Waals surface area contributed by atoms with Crippen LogP contribution in [0.2, 0.25) is 5.02 Å². The molecule has 0 radical (unpaired) electrons. The summed E-state index contributed by atoms with van der Waals surface area (Å²) in [6, 6.07) is 26.5. The van der Waals surface area contributed by atoms with Crippen LogP contribution < -0.4 is 19.1 Å². The zero-order chi connectivity index (χ0) is 36.8. The summed E-state index contributed by atoms with van der Waals surface area (Å²) in [4.78, 5) is 29.0. The Kier molecular flexibility index (Phi) is 11.8. The maximum absolute atomic E-state index is 13.9. The molecule has 0 saturated carbocycles. The van der Waals surface area contributed by atoms with E-state index >= 15 is 0 Å². The van der Waals surface area contributed by atoms with Crippen LogP contribution in [0.3, 0.4) is 0 Å². The summed E-state index contributed by atoms with van der Waals surface area (Å²) in [5.74, 6) is 0.525. The minimum Gasteiger partial charge on any atom is -0.507 e. The quantitative estimate of drug-likeness (QED) is 0.0390. The number of carbonyl (C=O) groups is 2. The van der Waals surface area contributed by atoms with Gasteiger partial charge in [-0.25, -0.2) is 0 Å². The number of ketones is 1. The number of benzene rings is 4. The van der Waals surface area contributed by atoms with Gasteiger partial charge in [0.15, 0.2) is 15.8 Å². The SMILES string of the molecule is COc1cc(C2/C(=C(\O)c3ccc(OCc4cccc(C)c4)cc3)C(=O)C(=O)N2c2nnc(SCc3ccccc3Cl)s2)ccc1OCCC(C)C. The second kappa shape index (κ2) is 16.7. The van der Waals surface area contributed by atoms with Crippen molar-refractivity contribution in [2.45, 2.75) is 49.9 Å². The van der Waals surface area contributed by atoms with Crippen LogP contribution in [0.4, 0.5) is 5.13 Å². The van der Waals surface area contributed by atoms with Crippen molar-refractivity contribution < 1.29 is 28.9 Å². The number of thioether (sulfide) groups is 1. The maximum Gasteiger partial charge on any atom is 0.301 e. The standard InChI is InChI=1S/C40H38ClN3O6S2/c1-24(2)18-19-49-32-17-14-28(21-33(32)48-4)35-34(36(45)27-12-15-30(16-13-27)50-22-26-9-7-8-25(3)20-26)37(46)38(47)44(35)39-42-43-40(52-39)51-23-29-10-5-6-11-31(29)41/h5-17,20-21,24,35,45H,18-19,22-23H2,1-4H3/b36-34+. The number of aliphatic hydroxyl groups excluding tert-OH is 1. The highest BCUT2D eigenvalue weighted by molar-refractivity contribution is 8.00. The van der Waals surface area contributed by atoms with Crippen LogP contribution >= 0.6 is 34.7 Å². The number of nitrogens with zero attached hydrogens (tertiary/aromatic N) is 3. The Hall–Kier alpha value is -4.84. The number of Topliss-reactive ketones (excluding diaryl/α,β-unsaturated/α-hetero) is 1. The molecule has 0 aliphatic carbocycles. The first-order valence-corrected chi connectivity index (χ1v) is 18.9. The van der Waals surface area contributed by atoms with Crippen LogP contribution in [0.15, 0.2) is 101 Å². The van der Waals surface area contributed by atoms with E-state index in [9.17, 15) is 14.7 Å². The van der Waals surface area contributed by atoms with Crippen LogP contribution in [0.1, 0.15) is 54.1 Å². The first-order chi connectivity index (χ1) is 25.1. The number of hydrogen-bond donors (Lipinski definition) is 1. The van der Waals surface area contributed by atoms with Crippen molar-refractivity contribution in [2.24, 2.45) is 5.92 Å². The Bertz CT molecular complexity index is 2100. The van der Waals surface area contributed by atoms with Gasteiger partial charge in [-0.2, -0.15) is 0 Å².